The van der Waals surface area contributed by atoms with Gasteiger partial charge in [0.25, 0.3) is 10.0 Å². The Morgan fingerprint density at radius 1 is 1.00 bits per heavy atom. The average Bonchev–Trinajstić information content (AvgIpc) is 3.22. The smallest absolute Gasteiger partial charge is 0.435 e. The third-order valence-electron chi connectivity index (χ3n) is 5.68. The van der Waals surface area contributed by atoms with Gasteiger partial charge in [0, 0.05) is 23.9 Å². The number of sulfonamides is 1. The molecule has 8 nitrogen and oxygen atoms in total. The van der Waals surface area contributed by atoms with Crippen LogP contribution in [0.5, 0.6) is 5.75 Å². The second kappa shape index (κ2) is 10.6. The summed E-state index contributed by atoms with van der Waals surface area (Å²) >= 11 is 0. The van der Waals surface area contributed by atoms with Gasteiger partial charge in [-0.2, -0.15) is 18.3 Å². The van der Waals surface area contributed by atoms with E-state index in [-0.39, 0.29) is 22.8 Å². The Hall–Kier alpha value is -4.32. The van der Waals surface area contributed by atoms with Crippen LogP contribution in [0.25, 0.3) is 16.8 Å². The lowest BCUT2D eigenvalue weighted by molar-refractivity contribution is -0.140. The molecule has 4 rings (SSSR count). The van der Waals surface area contributed by atoms with Gasteiger partial charge < -0.3 is 10.4 Å². The number of hydrogen-bond acceptors (Lipinski definition) is 5. The second-order valence-electron chi connectivity index (χ2n) is 8.36. The number of amides is 2. The fraction of sp³-hybridized carbons (Fsp3) is 0.154. The summed E-state index contributed by atoms with van der Waals surface area (Å²) in [5, 5.41) is 15.7. The Morgan fingerprint density at radius 2 is 1.68 bits per heavy atom. The minimum atomic E-state index is -4.64. The van der Waals surface area contributed by atoms with Gasteiger partial charge in [-0.1, -0.05) is 48.5 Å². The third kappa shape index (κ3) is 5.97. The number of halogens is 3. The lowest BCUT2D eigenvalue weighted by Crippen LogP contribution is -2.40. The summed E-state index contributed by atoms with van der Waals surface area (Å²) in [6, 6.07) is 18.8. The van der Waals surface area contributed by atoms with Crippen LogP contribution in [0.2, 0.25) is 0 Å². The Bertz CT molecular complexity index is 1550. The number of aromatic nitrogens is 2. The molecule has 0 aliphatic carbocycles. The predicted octanol–water partition coefficient (Wildman–Crippen LogP) is 4.80. The SMILES string of the molecule is Cc1c(-c2ccccc2)c(C(F)(F)F)nn1-c1ccc(CCNC(=O)NS(=O)(=O)c2cccc(O)c2)cc1. The van der Waals surface area contributed by atoms with Gasteiger partial charge in [-0.05, 0) is 48.7 Å². The molecule has 0 spiro atoms. The maximum Gasteiger partial charge on any atom is 0.435 e. The molecule has 3 aromatic carbocycles. The van der Waals surface area contributed by atoms with E-state index in [0.29, 0.717) is 23.4 Å². The zero-order chi connectivity index (χ0) is 27.5. The molecular formula is C26H23F3N4O4S. The fourth-order valence-electron chi connectivity index (χ4n) is 3.89. The lowest BCUT2D eigenvalue weighted by atomic mass is 10.0. The van der Waals surface area contributed by atoms with E-state index in [2.05, 4.69) is 10.4 Å². The molecule has 0 atom stereocenters. The first kappa shape index (κ1) is 26.7. The summed E-state index contributed by atoms with van der Waals surface area (Å²) in [4.78, 5) is 11.8. The predicted molar refractivity (Wildman–Crippen MR) is 134 cm³/mol. The highest BCUT2D eigenvalue weighted by atomic mass is 32.2. The first-order chi connectivity index (χ1) is 18.0. The van der Waals surface area contributed by atoms with Crippen molar-refractivity contribution in [1.29, 1.82) is 0 Å². The number of nitrogens with zero attached hydrogens (tertiary/aromatic N) is 2. The summed E-state index contributed by atoms with van der Waals surface area (Å²) in [7, 11) is -4.16. The lowest BCUT2D eigenvalue weighted by Gasteiger charge is -2.10. The highest BCUT2D eigenvalue weighted by Gasteiger charge is 2.39. The normalized spacial score (nSPS) is 11.8. The third-order valence-corrected chi connectivity index (χ3v) is 7.01. The van der Waals surface area contributed by atoms with E-state index in [1.165, 1.54) is 22.9 Å². The van der Waals surface area contributed by atoms with Crippen LogP contribution in [0.15, 0.2) is 83.8 Å². The van der Waals surface area contributed by atoms with Crippen molar-refractivity contribution in [1.82, 2.24) is 19.8 Å². The summed E-state index contributed by atoms with van der Waals surface area (Å²) in [5.74, 6) is -0.257. The molecule has 198 valence electrons. The van der Waals surface area contributed by atoms with Crippen LogP contribution in [0.4, 0.5) is 18.0 Å². The van der Waals surface area contributed by atoms with Crippen LogP contribution in [-0.4, -0.2) is 35.9 Å². The maximum absolute atomic E-state index is 13.8. The molecule has 4 aromatic rings. The number of aromatic hydroxyl groups is 1. The molecule has 12 heteroatoms. The Balaban J connectivity index is 1.43. The largest absolute Gasteiger partial charge is 0.508 e. The van der Waals surface area contributed by atoms with E-state index in [9.17, 15) is 31.5 Å². The Morgan fingerprint density at radius 3 is 2.32 bits per heavy atom. The Kier molecular flexibility index (Phi) is 7.44. The molecule has 0 saturated carbocycles. The number of hydrogen-bond donors (Lipinski definition) is 3. The summed E-state index contributed by atoms with van der Waals surface area (Å²) < 4.78 is 68.9. The van der Waals surface area contributed by atoms with E-state index in [1.54, 1.807) is 61.5 Å². The average molecular weight is 545 g/mol. The van der Waals surface area contributed by atoms with Crippen LogP contribution in [-0.2, 0) is 22.6 Å². The van der Waals surface area contributed by atoms with Crippen molar-refractivity contribution in [2.45, 2.75) is 24.4 Å². The minimum absolute atomic E-state index is 0.0121. The van der Waals surface area contributed by atoms with Gasteiger partial charge in [0.1, 0.15) is 5.75 Å². The zero-order valence-corrected chi connectivity index (χ0v) is 20.8. The number of alkyl halides is 3. The van der Waals surface area contributed by atoms with Gasteiger partial charge in [0.15, 0.2) is 5.69 Å². The van der Waals surface area contributed by atoms with E-state index < -0.39 is 27.9 Å². The number of phenols is 1. The molecule has 3 N–H and O–H groups in total. The first-order valence-electron chi connectivity index (χ1n) is 11.4. The summed E-state index contributed by atoms with van der Waals surface area (Å²) in [5.41, 5.74) is 0.980. The monoisotopic (exact) mass is 544 g/mol. The molecule has 0 fully saturated rings. The Labute approximate surface area is 216 Å². The van der Waals surface area contributed by atoms with Crippen molar-refractivity contribution in [2.75, 3.05) is 6.54 Å². The number of carbonyl (C=O) groups is 1. The van der Waals surface area contributed by atoms with E-state index >= 15 is 0 Å². The van der Waals surface area contributed by atoms with Crippen molar-refractivity contribution < 1.29 is 31.5 Å². The minimum Gasteiger partial charge on any atom is -0.508 e. The molecule has 0 unspecified atom stereocenters. The second-order valence-corrected chi connectivity index (χ2v) is 10.0. The standard InChI is InChI=1S/C26H23F3N4O4S/c1-17-23(19-6-3-2-4-7-19)24(26(27,28)29)31-33(17)20-12-10-18(11-13-20)14-15-30-25(35)32-38(36,37)22-9-5-8-21(34)16-22/h2-13,16,34H,14-15H2,1H3,(H2,30,32,35). The van der Waals surface area contributed by atoms with Gasteiger partial charge in [-0.15, -0.1) is 0 Å². The molecule has 0 radical (unpaired) electrons. The molecule has 0 aliphatic rings. The molecule has 1 aromatic heterocycles. The van der Waals surface area contributed by atoms with Crippen LogP contribution in [0, 0.1) is 6.92 Å². The van der Waals surface area contributed by atoms with Gasteiger partial charge in [0.2, 0.25) is 0 Å². The van der Waals surface area contributed by atoms with E-state index in [4.69, 9.17) is 0 Å². The molecule has 38 heavy (non-hydrogen) atoms. The number of urea groups is 1. The molecular weight excluding hydrogens is 521 g/mol. The fourth-order valence-corrected chi connectivity index (χ4v) is 4.86. The first-order valence-corrected chi connectivity index (χ1v) is 12.9. The summed E-state index contributed by atoms with van der Waals surface area (Å²) in [6.07, 6.45) is -4.30. The van der Waals surface area contributed by atoms with Crippen LogP contribution >= 0.6 is 0 Å². The molecule has 0 bridgehead atoms. The van der Waals surface area contributed by atoms with Crippen LogP contribution in [0.1, 0.15) is 17.0 Å². The highest BCUT2D eigenvalue weighted by molar-refractivity contribution is 7.90. The topological polar surface area (TPSA) is 113 Å². The summed E-state index contributed by atoms with van der Waals surface area (Å²) in [6.45, 7) is 1.67. The number of nitrogens with one attached hydrogen (secondary N) is 2. The van der Waals surface area contributed by atoms with Crippen molar-refractivity contribution in [3.05, 3.63) is 95.8 Å². The quantitative estimate of drug-likeness (QED) is 0.309. The highest BCUT2D eigenvalue weighted by Crippen LogP contribution is 2.39. The number of carbonyl (C=O) groups excluding carboxylic acids is 1. The van der Waals surface area contributed by atoms with Gasteiger partial charge in [0.05, 0.1) is 10.6 Å². The molecule has 0 aliphatic heterocycles. The zero-order valence-electron chi connectivity index (χ0n) is 20.0. The van der Waals surface area contributed by atoms with Crippen molar-refractivity contribution in [2.24, 2.45) is 0 Å². The van der Waals surface area contributed by atoms with Crippen molar-refractivity contribution >= 4 is 16.1 Å². The van der Waals surface area contributed by atoms with E-state index in [0.717, 1.165) is 11.6 Å². The number of rotatable bonds is 7. The van der Waals surface area contributed by atoms with Gasteiger partial charge in [-0.3, -0.25) is 0 Å². The number of benzene rings is 3. The molecule has 0 saturated heterocycles. The van der Waals surface area contributed by atoms with Gasteiger partial charge >= 0.3 is 12.2 Å². The van der Waals surface area contributed by atoms with Crippen molar-refractivity contribution in [3.63, 3.8) is 0 Å². The van der Waals surface area contributed by atoms with Crippen LogP contribution < -0.4 is 10.0 Å². The van der Waals surface area contributed by atoms with Crippen molar-refractivity contribution in [3.8, 4) is 22.6 Å². The number of phenolic OH excluding ortho intramolecular Hbond substituents is 1. The van der Waals surface area contributed by atoms with E-state index in [1.807, 2.05) is 4.72 Å². The molecule has 1 heterocycles. The van der Waals surface area contributed by atoms with Gasteiger partial charge in [-0.25, -0.2) is 22.6 Å². The van der Waals surface area contributed by atoms with Crippen LogP contribution in [0.3, 0.4) is 0 Å². The maximum atomic E-state index is 13.8. The molecule has 2 amide bonds.